The summed E-state index contributed by atoms with van der Waals surface area (Å²) in [4.78, 5) is 18.6. The smallest absolute Gasteiger partial charge is 0.320 e. The van der Waals surface area contributed by atoms with Crippen molar-refractivity contribution in [1.82, 2.24) is 15.2 Å². The highest BCUT2D eigenvalue weighted by atomic mass is 32.1. The number of rotatable bonds is 5. The van der Waals surface area contributed by atoms with Crippen molar-refractivity contribution in [3.63, 3.8) is 0 Å². The Bertz CT molecular complexity index is 812. The third-order valence-corrected chi connectivity index (χ3v) is 5.57. The van der Waals surface area contributed by atoms with Crippen molar-refractivity contribution < 1.29 is 9.90 Å². The van der Waals surface area contributed by atoms with Crippen molar-refractivity contribution in [2.24, 2.45) is 0 Å². The first-order valence-electron chi connectivity index (χ1n) is 8.98. The number of urea groups is 1. The molecule has 2 unspecified atom stereocenters. The molecule has 1 aliphatic rings. The molecule has 1 aromatic carbocycles. The number of piperidine rings is 1. The molecule has 1 aliphatic heterocycles. The van der Waals surface area contributed by atoms with Crippen molar-refractivity contribution >= 4 is 23.2 Å². The van der Waals surface area contributed by atoms with E-state index in [1.54, 1.807) is 5.38 Å². The predicted molar refractivity (Wildman–Crippen MR) is 108 cm³/mol. The molecule has 0 radical (unpaired) electrons. The number of amides is 2. The van der Waals surface area contributed by atoms with Gasteiger partial charge in [0.05, 0.1) is 12.6 Å². The van der Waals surface area contributed by atoms with Crippen molar-refractivity contribution in [3.8, 4) is 12.3 Å². The van der Waals surface area contributed by atoms with Gasteiger partial charge in [-0.2, -0.15) is 0 Å². The van der Waals surface area contributed by atoms with Crippen molar-refractivity contribution in [3.05, 3.63) is 45.8 Å². The first-order chi connectivity index (χ1) is 13.1. The monoisotopic (exact) mass is 384 g/mol. The van der Waals surface area contributed by atoms with Crippen molar-refractivity contribution in [1.29, 1.82) is 0 Å². The SMILES string of the molecule is C#Cc1nc(NC(=O)NC(CO)c2ccc(C3CCCN(C)C3)cc2)cs1. The zero-order valence-electron chi connectivity index (χ0n) is 15.3. The van der Waals surface area contributed by atoms with Crippen LogP contribution in [0.15, 0.2) is 29.6 Å². The number of thiazole rings is 1. The average molecular weight is 385 g/mol. The molecular weight excluding hydrogens is 360 g/mol. The van der Waals surface area contributed by atoms with Gasteiger partial charge in [0.2, 0.25) is 0 Å². The van der Waals surface area contributed by atoms with E-state index in [0.717, 1.165) is 18.7 Å². The number of aliphatic hydroxyl groups is 1. The highest BCUT2D eigenvalue weighted by Gasteiger charge is 2.20. The Hall–Kier alpha value is -2.40. The number of benzene rings is 1. The predicted octanol–water partition coefficient (Wildman–Crippen LogP) is 2.79. The lowest BCUT2D eigenvalue weighted by Gasteiger charge is -2.30. The molecule has 2 heterocycles. The molecular formula is C20H24N4O2S. The highest BCUT2D eigenvalue weighted by molar-refractivity contribution is 7.10. The number of likely N-dealkylation sites (N-methyl/N-ethyl adjacent to an activating group) is 1. The second-order valence-electron chi connectivity index (χ2n) is 6.78. The van der Waals surface area contributed by atoms with Gasteiger partial charge in [-0.1, -0.05) is 24.3 Å². The third-order valence-electron chi connectivity index (χ3n) is 4.79. The normalized spacial score (nSPS) is 18.5. The van der Waals surface area contributed by atoms with Crippen LogP contribution in [0.2, 0.25) is 0 Å². The summed E-state index contributed by atoms with van der Waals surface area (Å²) in [5.74, 6) is 3.37. The number of terminal acetylenes is 1. The van der Waals surface area contributed by atoms with Crippen LogP contribution in [0, 0.1) is 12.3 Å². The molecule has 7 heteroatoms. The Balaban J connectivity index is 1.61. The number of nitrogens with zero attached hydrogens (tertiary/aromatic N) is 2. The Kier molecular flexibility index (Phi) is 6.45. The molecule has 142 valence electrons. The maximum Gasteiger partial charge on any atom is 0.320 e. The highest BCUT2D eigenvalue weighted by Crippen LogP contribution is 2.27. The van der Waals surface area contributed by atoms with Crippen LogP contribution in [-0.4, -0.2) is 47.8 Å². The number of hydrogen-bond acceptors (Lipinski definition) is 5. The number of aliphatic hydroxyl groups excluding tert-OH is 1. The summed E-state index contributed by atoms with van der Waals surface area (Å²) in [6, 6.07) is 7.23. The van der Waals surface area contributed by atoms with Gasteiger partial charge in [0.15, 0.2) is 5.01 Å². The van der Waals surface area contributed by atoms with Gasteiger partial charge in [-0.25, -0.2) is 9.78 Å². The van der Waals surface area contributed by atoms with E-state index in [9.17, 15) is 9.90 Å². The second kappa shape index (κ2) is 9.00. The second-order valence-corrected chi connectivity index (χ2v) is 7.64. The number of nitrogens with one attached hydrogen (secondary N) is 2. The van der Waals surface area contributed by atoms with Crippen LogP contribution in [0.4, 0.5) is 10.6 Å². The van der Waals surface area contributed by atoms with Gasteiger partial charge in [0.1, 0.15) is 5.82 Å². The largest absolute Gasteiger partial charge is 0.394 e. The lowest BCUT2D eigenvalue weighted by molar-refractivity contribution is 0.225. The van der Waals surface area contributed by atoms with Crippen LogP contribution < -0.4 is 10.6 Å². The number of likely N-dealkylation sites (tertiary alicyclic amines) is 1. The van der Waals surface area contributed by atoms with Gasteiger partial charge in [0.25, 0.3) is 0 Å². The summed E-state index contributed by atoms with van der Waals surface area (Å²) < 4.78 is 0. The topological polar surface area (TPSA) is 77.5 Å². The summed E-state index contributed by atoms with van der Waals surface area (Å²) in [5.41, 5.74) is 2.17. The van der Waals surface area contributed by atoms with Crippen LogP contribution in [0.5, 0.6) is 0 Å². The number of carbonyl (C=O) groups is 1. The van der Waals surface area contributed by atoms with Gasteiger partial charge >= 0.3 is 6.03 Å². The van der Waals surface area contributed by atoms with Gasteiger partial charge < -0.3 is 15.3 Å². The fraction of sp³-hybridized carbons (Fsp3) is 0.400. The molecule has 2 amide bonds. The first-order valence-corrected chi connectivity index (χ1v) is 9.86. The van der Waals surface area contributed by atoms with Crippen LogP contribution in [0.25, 0.3) is 0 Å². The van der Waals surface area contributed by atoms with E-state index >= 15 is 0 Å². The van der Waals surface area contributed by atoms with Gasteiger partial charge in [-0.15, -0.1) is 17.8 Å². The van der Waals surface area contributed by atoms with E-state index in [2.05, 4.69) is 45.6 Å². The van der Waals surface area contributed by atoms with E-state index in [4.69, 9.17) is 6.42 Å². The number of hydrogen-bond donors (Lipinski definition) is 3. The lowest BCUT2D eigenvalue weighted by atomic mass is 9.90. The summed E-state index contributed by atoms with van der Waals surface area (Å²) in [6.07, 6.45) is 7.69. The van der Waals surface area contributed by atoms with Crippen LogP contribution in [-0.2, 0) is 0 Å². The third kappa shape index (κ3) is 5.07. The zero-order valence-corrected chi connectivity index (χ0v) is 16.1. The van der Waals surface area contributed by atoms with E-state index in [1.807, 2.05) is 12.1 Å². The Morgan fingerprint density at radius 3 is 2.89 bits per heavy atom. The molecule has 1 saturated heterocycles. The number of anilines is 1. The van der Waals surface area contributed by atoms with Crippen LogP contribution >= 0.6 is 11.3 Å². The fourth-order valence-electron chi connectivity index (χ4n) is 3.38. The molecule has 1 fully saturated rings. The van der Waals surface area contributed by atoms with E-state index < -0.39 is 12.1 Å². The van der Waals surface area contributed by atoms with E-state index in [1.165, 1.54) is 29.7 Å². The number of aromatic nitrogens is 1. The van der Waals surface area contributed by atoms with E-state index in [-0.39, 0.29) is 6.61 Å². The summed E-state index contributed by atoms with van der Waals surface area (Å²) >= 11 is 1.29. The van der Waals surface area contributed by atoms with Crippen LogP contribution in [0.1, 0.15) is 40.9 Å². The number of carbonyl (C=O) groups excluding carboxylic acids is 1. The van der Waals surface area contributed by atoms with E-state index in [0.29, 0.717) is 16.7 Å². The Morgan fingerprint density at radius 1 is 1.48 bits per heavy atom. The quantitative estimate of drug-likeness (QED) is 0.693. The zero-order chi connectivity index (χ0) is 19.2. The molecule has 27 heavy (non-hydrogen) atoms. The fourth-order valence-corrected chi connectivity index (χ4v) is 3.94. The van der Waals surface area contributed by atoms with Crippen LogP contribution in [0.3, 0.4) is 0 Å². The minimum Gasteiger partial charge on any atom is -0.394 e. The first kappa shape index (κ1) is 19.4. The molecule has 0 aliphatic carbocycles. The maximum atomic E-state index is 12.2. The molecule has 0 bridgehead atoms. The Labute approximate surface area is 163 Å². The lowest BCUT2D eigenvalue weighted by Crippen LogP contribution is -2.34. The molecule has 0 spiro atoms. The van der Waals surface area contributed by atoms with Gasteiger partial charge in [-0.3, -0.25) is 5.32 Å². The minimum atomic E-state index is -0.487. The average Bonchev–Trinajstić information content (AvgIpc) is 3.14. The summed E-state index contributed by atoms with van der Waals surface area (Å²) in [6.45, 7) is 2.03. The van der Waals surface area contributed by atoms with Crippen molar-refractivity contribution in [2.45, 2.75) is 24.8 Å². The Morgan fingerprint density at radius 2 is 2.26 bits per heavy atom. The molecule has 2 aromatic rings. The standard InChI is InChI=1S/C20H24N4O2S/c1-3-19-22-18(13-27-19)23-20(26)21-17(12-25)15-8-6-14(7-9-15)16-5-4-10-24(2)11-16/h1,6-9,13,16-17,25H,4-5,10-12H2,2H3,(H2,21,23,26). The van der Waals surface area contributed by atoms with Gasteiger partial charge in [-0.05, 0) is 49.4 Å². The molecule has 0 saturated carbocycles. The molecule has 2 atom stereocenters. The van der Waals surface area contributed by atoms with Gasteiger partial charge in [0, 0.05) is 11.9 Å². The summed E-state index contributed by atoms with van der Waals surface area (Å²) in [5, 5.41) is 17.3. The molecule has 1 aromatic heterocycles. The minimum absolute atomic E-state index is 0.189. The van der Waals surface area contributed by atoms with Crippen molar-refractivity contribution in [2.75, 3.05) is 32.1 Å². The molecule has 3 rings (SSSR count). The summed E-state index contributed by atoms with van der Waals surface area (Å²) in [7, 11) is 2.15. The molecule has 6 nitrogen and oxygen atoms in total. The molecule has 3 N–H and O–H groups in total. The maximum absolute atomic E-state index is 12.2.